The van der Waals surface area contributed by atoms with Crippen molar-refractivity contribution in [2.45, 2.75) is 83.2 Å². The first-order chi connectivity index (χ1) is 8.88. The van der Waals surface area contributed by atoms with Gasteiger partial charge in [-0.05, 0) is 32.6 Å². The molecule has 0 radical (unpaired) electrons. The number of nitrogens with one attached hydrogen (secondary N) is 2. The molecule has 3 heteroatoms. The van der Waals surface area contributed by atoms with E-state index in [9.17, 15) is 0 Å². The molecule has 0 amide bonds. The molecule has 0 atom stereocenters. The molecule has 0 heterocycles. The van der Waals surface area contributed by atoms with Crippen molar-refractivity contribution in [1.82, 2.24) is 9.96 Å². The number of allylic oxidation sites excluding steroid dienone is 1. The van der Waals surface area contributed by atoms with E-state index in [1.807, 2.05) is 0 Å². The first kappa shape index (κ1) is 14.3. The second kappa shape index (κ2) is 8.13. The predicted molar refractivity (Wildman–Crippen MR) is 82.0 cm³/mol. The summed E-state index contributed by atoms with van der Waals surface area (Å²) in [4.78, 5) is 7.89. The zero-order valence-electron chi connectivity index (χ0n) is 12.0. The Bertz CT molecular complexity index is 223. The van der Waals surface area contributed by atoms with Crippen molar-refractivity contribution in [3.05, 3.63) is 11.8 Å². The van der Waals surface area contributed by atoms with Gasteiger partial charge in [0.1, 0.15) is 0 Å². The third kappa shape index (κ3) is 4.86. The van der Waals surface area contributed by atoms with Crippen molar-refractivity contribution in [3.63, 3.8) is 0 Å². The Balaban J connectivity index is 1.78. The van der Waals surface area contributed by atoms with Crippen LogP contribution in [0.5, 0.6) is 0 Å². The summed E-state index contributed by atoms with van der Waals surface area (Å²) in [6, 6.07) is 1.59. The van der Waals surface area contributed by atoms with Crippen molar-refractivity contribution < 1.29 is 0 Å². The maximum atomic E-state index is 3.95. The van der Waals surface area contributed by atoms with Crippen molar-refractivity contribution in [2.24, 2.45) is 0 Å². The fourth-order valence-corrected chi connectivity index (χ4v) is 5.78. The summed E-state index contributed by atoms with van der Waals surface area (Å²) in [7, 11) is -1.06. The summed E-state index contributed by atoms with van der Waals surface area (Å²) < 4.78 is 0. The smallest absolute Gasteiger partial charge is 0.210 e. The molecule has 0 saturated heterocycles. The molecular formula is C15H30N2Si. The summed E-state index contributed by atoms with van der Waals surface area (Å²) in [5.74, 6) is 0. The molecule has 0 aromatic rings. The predicted octanol–water partition coefficient (Wildman–Crippen LogP) is 3.17. The van der Waals surface area contributed by atoms with Gasteiger partial charge in [0, 0.05) is 12.1 Å². The summed E-state index contributed by atoms with van der Waals surface area (Å²) in [5.41, 5.74) is 2.43. The topological polar surface area (TPSA) is 24.1 Å². The van der Waals surface area contributed by atoms with Crippen LogP contribution in [0.3, 0.4) is 0 Å². The van der Waals surface area contributed by atoms with Gasteiger partial charge in [-0.3, -0.25) is 0 Å². The van der Waals surface area contributed by atoms with Crippen LogP contribution in [0.15, 0.2) is 11.8 Å². The molecule has 104 valence electrons. The Kier molecular flexibility index (Phi) is 6.45. The first-order valence-corrected chi connectivity index (χ1v) is 9.85. The fraction of sp³-hybridized carbons (Fsp3) is 0.867. The van der Waals surface area contributed by atoms with E-state index in [-0.39, 0.29) is 0 Å². The third-order valence-corrected chi connectivity index (χ3v) is 6.86. The van der Waals surface area contributed by atoms with Crippen LogP contribution in [0.25, 0.3) is 0 Å². The molecule has 0 aliphatic heterocycles. The lowest BCUT2D eigenvalue weighted by molar-refractivity contribution is 0.397. The van der Waals surface area contributed by atoms with E-state index in [4.69, 9.17) is 0 Å². The highest BCUT2D eigenvalue weighted by Gasteiger charge is 2.21. The van der Waals surface area contributed by atoms with Crippen LogP contribution in [-0.2, 0) is 0 Å². The van der Waals surface area contributed by atoms with Gasteiger partial charge >= 0.3 is 0 Å². The Morgan fingerprint density at radius 2 is 1.22 bits per heavy atom. The van der Waals surface area contributed by atoms with Crippen LogP contribution in [0, 0.1) is 0 Å². The van der Waals surface area contributed by atoms with E-state index >= 15 is 0 Å². The average Bonchev–Trinajstić information content (AvgIpc) is 2.41. The first-order valence-electron chi connectivity index (χ1n) is 8.03. The molecule has 18 heavy (non-hydrogen) atoms. The molecule has 0 spiro atoms. The molecule has 2 fully saturated rings. The van der Waals surface area contributed by atoms with Crippen LogP contribution in [0.1, 0.15) is 71.1 Å². The van der Waals surface area contributed by atoms with Gasteiger partial charge in [-0.15, -0.1) is 0 Å². The maximum Gasteiger partial charge on any atom is 0.210 e. The van der Waals surface area contributed by atoms with Crippen molar-refractivity contribution in [2.75, 3.05) is 0 Å². The monoisotopic (exact) mass is 266 g/mol. The van der Waals surface area contributed by atoms with Gasteiger partial charge in [-0.1, -0.05) is 50.3 Å². The zero-order chi connectivity index (χ0) is 12.6. The van der Waals surface area contributed by atoms with Crippen LogP contribution >= 0.6 is 0 Å². The van der Waals surface area contributed by atoms with Gasteiger partial charge in [0.25, 0.3) is 0 Å². The van der Waals surface area contributed by atoms with E-state index in [1.165, 1.54) is 64.2 Å². The molecule has 2 N–H and O–H groups in total. The summed E-state index contributed by atoms with van der Waals surface area (Å²) in [6.45, 7) is 2.16. The quantitative estimate of drug-likeness (QED) is 0.747. The molecule has 0 aromatic carbocycles. The lowest BCUT2D eigenvalue weighted by atomic mass is 9.96. The molecule has 0 bridgehead atoms. The molecule has 2 aliphatic carbocycles. The summed E-state index contributed by atoms with van der Waals surface area (Å²) in [6.07, 6.45) is 16.4. The molecule has 2 rings (SSSR count). The molecule has 0 aromatic heterocycles. The van der Waals surface area contributed by atoms with Crippen molar-refractivity contribution in [3.8, 4) is 0 Å². The third-order valence-electron chi connectivity index (χ3n) is 4.43. The van der Waals surface area contributed by atoms with Crippen LogP contribution in [-0.4, -0.2) is 21.2 Å². The average molecular weight is 267 g/mol. The van der Waals surface area contributed by atoms with E-state index in [1.54, 1.807) is 0 Å². The minimum Gasteiger partial charge on any atom is -0.322 e. The lowest BCUT2D eigenvalue weighted by Gasteiger charge is -2.31. The lowest BCUT2D eigenvalue weighted by Crippen LogP contribution is -2.55. The normalized spacial score (nSPS) is 24.1. The largest absolute Gasteiger partial charge is 0.322 e. The molecule has 0 unspecified atom stereocenters. The number of hydrogen-bond donors (Lipinski definition) is 2. The number of rotatable bonds is 5. The Morgan fingerprint density at radius 1 is 0.778 bits per heavy atom. The second-order valence-electron chi connectivity index (χ2n) is 6.01. The highest BCUT2D eigenvalue weighted by molar-refractivity contribution is 6.59. The minimum atomic E-state index is -1.06. The Morgan fingerprint density at radius 3 is 1.61 bits per heavy atom. The van der Waals surface area contributed by atoms with Gasteiger partial charge in [0.05, 0.1) is 0 Å². The van der Waals surface area contributed by atoms with Crippen molar-refractivity contribution in [1.29, 1.82) is 0 Å². The van der Waals surface area contributed by atoms with Crippen LogP contribution < -0.4 is 9.96 Å². The van der Waals surface area contributed by atoms with Crippen molar-refractivity contribution >= 4 is 9.12 Å². The second-order valence-corrected chi connectivity index (χ2v) is 8.01. The van der Waals surface area contributed by atoms with Gasteiger partial charge in [0.15, 0.2) is 0 Å². The van der Waals surface area contributed by atoms with E-state index < -0.39 is 9.12 Å². The highest BCUT2D eigenvalue weighted by Crippen LogP contribution is 2.19. The molecular weight excluding hydrogens is 236 g/mol. The minimum absolute atomic E-state index is 0.794. The summed E-state index contributed by atoms with van der Waals surface area (Å²) in [5, 5.41) is 0. The zero-order valence-corrected chi connectivity index (χ0v) is 13.1. The fourth-order valence-electron chi connectivity index (χ4n) is 3.40. The van der Waals surface area contributed by atoms with Gasteiger partial charge in [-0.2, -0.15) is 0 Å². The van der Waals surface area contributed by atoms with Crippen LogP contribution in [0.2, 0.25) is 0 Å². The summed E-state index contributed by atoms with van der Waals surface area (Å²) >= 11 is 0. The van der Waals surface area contributed by atoms with Gasteiger partial charge < -0.3 is 9.96 Å². The SMILES string of the molecule is CC=C[SiH](NC1CCCCC1)NC1CCCCC1. The Hall–Kier alpha value is -0.123. The van der Waals surface area contributed by atoms with E-state index in [0.717, 1.165) is 12.1 Å². The van der Waals surface area contributed by atoms with Gasteiger partial charge in [0.2, 0.25) is 9.12 Å². The standard InChI is InChI=1S/C15H30N2Si/c1-2-13-18(16-14-9-5-3-6-10-14)17-15-11-7-4-8-12-15/h2,13-18H,3-12H2,1H3. The molecule has 2 aliphatic rings. The Labute approximate surface area is 114 Å². The van der Waals surface area contributed by atoms with Gasteiger partial charge in [-0.25, -0.2) is 0 Å². The number of hydrogen-bond acceptors (Lipinski definition) is 2. The highest BCUT2D eigenvalue weighted by atomic mass is 28.3. The van der Waals surface area contributed by atoms with E-state index in [0.29, 0.717) is 0 Å². The van der Waals surface area contributed by atoms with Crippen LogP contribution in [0.4, 0.5) is 0 Å². The van der Waals surface area contributed by atoms with E-state index in [2.05, 4.69) is 28.7 Å². The molecule has 2 nitrogen and oxygen atoms in total. The molecule has 2 saturated carbocycles. The maximum absolute atomic E-state index is 3.95.